The highest BCUT2D eigenvalue weighted by Crippen LogP contribution is 2.27. The number of hydrogen-bond acceptors (Lipinski definition) is 6. The fourth-order valence-corrected chi connectivity index (χ4v) is 3.98. The number of aromatic nitrogens is 2. The van der Waals surface area contributed by atoms with Crippen LogP contribution in [0.15, 0.2) is 32.3 Å². The summed E-state index contributed by atoms with van der Waals surface area (Å²) in [6.07, 6.45) is 4.99. The zero-order chi connectivity index (χ0) is 15.6. The van der Waals surface area contributed by atoms with Crippen molar-refractivity contribution in [3.63, 3.8) is 0 Å². The third-order valence-electron chi connectivity index (χ3n) is 2.45. The van der Waals surface area contributed by atoms with Crippen LogP contribution >= 0.6 is 44.1 Å². The Kier molecular flexibility index (Phi) is 5.12. The van der Waals surface area contributed by atoms with Crippen LogP contribution in [0.1, 0.15) is 6.42 Å². The van der Waals surface area contributed by atoms with Gasteiger partial charge in [0.25, 0.3) is 15.9 Å². The van der Waals surface area contributed by atoms with E-state index in [2.05, 4.69) is 46.5 Å². The van der Waals surface area contributed by atoms with Gasteiger partial charge in [0.2, 0.25) is 5.82 Å². The van der Waals surface area contributed by atoms with Crippen LogP contribution in [0.4, 0.5) is 5.82 Å². The van der Waals surface area contributed by atoms with Gasteiger partial charge in [0.15, 0.2) is 0 Å². The van der Waals surface area contributed by atoms with Gasteiger partial charge in [-0.3, -0.25) is 4.72 Å². The maximum atomic E-state index is 12.4. The first-order valence-corrected chi connectivity index (χ1v) is 9.01. The fourth-order valence-electron chi connectivity index (χ4n) is 1.53. The molecule has 0 saturated carbocycles. The molecule has 0 aliphatic heterocycles. The average molecular weight is 455 g/mol. The van der Waals surface area contributed by atoms with Crippen LogP contribution in [0.3, 0.4) is 0 Å². The van der Waals surface area contributed by atoms with Gasteiger partial charge < -0.3 is 4.74 Å². The van der Waals surface area contributed by atoms with Crippen molar-refractivity contribution in [2.75, 3.05) is 11.8 Å². The zero-order valence-electron chi connectivity index (χ0n) is 10.6. The molecule has 1 aromatic rings. The molecule has 21 heavy (non-hydrogen) atoms. The van der Waals surface area contributed by atoms with E-state index in [1.165, 1.54) is 19.4 Å². The SMILES string of the molecule is COc1nc(Br)cnc1NS(=O)(=O)C1=CC(Br)=CCC1=S. The van der Waals surface area contributed by atoms with E-state index in [0.29, 0.717) is 20.4 Å². The summed E-state index contributed by atoms with van der Waals surface area (Å²) in [5.74, 6) is 0.0555. The van der Waals surface area contributed by atoms with Crippen molar-refractivity contribution in [2.24, 2.45) is 0 Å². The van der Waals surface area contributed by atoms with Gasteiger partial charge in [-0.2, -0.15) is 0 Å². The molecule has 0 unspecified atom stereocenters. The predicted molar refractivity (Wildman–Crippen MR) is 91.1 cm³/mol. The molecular weight excluding hydrogens is 446 g/mol. The van der Waals surface area contributed by atoms with Gasteiger partial charge in [0.1, 0.15) is 9.51 Å². The fraction of sp³-hybridized carbons (Fsp3) is 0.182. The van der Waals surface area contributed by atoms with Crippen LogP contribution in [0.5, 0.6) is 5.88 Å². The van der Waals surface area contributed by atoms with Gasteiger partial charge in [0, 0.05) is 15.8 Å². The normalized spacial score (nSPS) is 15.3. The van der Waals surface area contributed by atoms with Crippen LogP contribution in [0.25, 0.3) is 0 Å². The quantitative estimate of drug-likeness (QED) is 0.704. The van der Waals surface area contributed by atoms with E-state index in [1.807, 2.05) is 0 Å². The summed E-state index contributed by atoms with van der Waals surface area (Å²) in [6, 6.07) is 0. The number of rotatable bonds is 4. The lowest BCUT2D eigenvalue weighted by atomic mass is 10.2. The maximum absolute atomic E-state index is 12.4. The number of ether oxygens (including phenoxy) is 1. The molecule has 2 rings (SSSR count). The molecule has 1 N–H and O–H groups in total. The van der Waals surface area contributed by atoms with Gasteiger partial charge in [-0.15, -0.1) is 0 Å². The summed E-state index contributed by atoms with van der Waals surface area (Å²) < 4.78 is 33.3. The summed E-state index contributed by atoms with van der Waals surface area (Å²) in [5, 5.41) is 0. The summed E-state index contributed by atoms with van der Waals surface area (Å²) >= 11 is 11.5. The molecule has 6 nitrogen and oxygen atoms in total. The smallest absolute Gasteiger partial charge is 0.264 e. The third kappa shape index (κ3) is 3.87. The Bertz CT molecular complexity index is 760. The van der Waals surface area contributed by atoms with Gasteiger partial charge >= 0.3 is 0 Å². The Balaban J connectivity index is 2.39. The molecule has 0 amide bonds. The highest BCUT2D eigenvalue weighted by molar-refractivity contribution is 9.12. The number of halogens is 2. The highest BCUT2D eigenvalue weighted by Gasteiger charge is 2.25. The van der Waals surface area contributed by atoms with E-state index >= 15 is 0 Å². The molecule has 0 radical (unpaired) electrons. The van der Waals surface area contributed by atoms with Crippen molar-refractivity contribution in [1.82, 2.24) is 9.97 Å². The van der Waals surface area contributed by atoms with Crippen LogP contribution < -0.4 is 9.46 Å². The number of methoxy groups -OCH3 is 1. The summed E-state index contributed by atoms with van der Waals surface area (Å²) in [6.45, 7) is 0. The minimum atomic E-state index is -3.86. The Labute approximate surface area is 144 Å². The predicted octanol–water partition coefficient (Wildman–Crippen LogP) is 2.93. The number of allylic oxidation sites excluding steroid dienone is 4. The molecule has 112 valence electrons. The molecule has 1 heterocycles. The van der Waals surface area contributed by atoms with E-state index in [1.54, 1.807) is 6.08 Å². The number of sulfonamides is 1. The van der Waals surface area contributed by atoms with Crippen molar-refractivity contribution in [3.05, 3.63) is 32.3 Å². The second kappa shape index (κ2) is 6.51. The molecule has 0 aromatic carbocycles. The van der Waals surface area contributed by atoms with E-state index < -0.39 is 10.0 Å². The van der Waals surface area contributed by atoms with Crippen LogP contribution in [0, 0.1) is 0 Å². The zero-order valence-corrected chi connectivity index (χ0v) is 15.4. The standard InChI is InChI=1S/C11H9Br2N3O3S2/c1-19-11-10(14-5-9(13)15-11)16-21(17,18)8-4-6(12)2-3-7(8)20/h2,4-5H,3H2,1H3,(H,14,16). The van der Waals surface area contributed by atoms with Gasteiger partial charge in [-0.1, -0.05) is 34.2 Å². The Morgan fingerprint density at radius 2 is 2.14 bits per heavy atom. The van der Waals surface area contributed by atoms with Crippen molar-refractivity contribution in [1.29, 1.82) is 0 Å². The maximum Gasteiger partial charge on any atom is 0.264 e. The molecule has 1 aliphatic rings. The number of hydrogen-bond donors (Lipinski definition) is 1. The minimum Gasteiger partial charge on any atom is -0.478 e. The van der Waals surface area contributed by atoms with E-state index in [0.717, 1.165) is 0 Å². The topological polar surface area (TPSA) is 81.2 Å². The Morgan fingerprint density at radius 3 is 2.81 bits per heavy atom. The number of nitrogens with zero attached hydrogens (tertiary/aromatic N) is 2. The van der Waals surface area contributed by atoms with Crippen molar-refractivity contribution in [3.8, 4) is 5.88 Å². The summed E-state index contributed by atoms with van der Waals surface area (Å²) in [7, 11) is -2.49. The highest BCUT2D eigenvalue weighted by atomic mass is 79.9. The number of nitrogens with one attached hydrogen (secondary N) is 1. The number of anilines is 1. The first kappa shape index (κ1) is 16.5. The lowest BCUT2D eigenvalue weighted by molar-refractivity contribution is 0.397. The molecule has 1 aromatic heterocycles. The molecule has 0 bridgehead atoms. The van der Waals surface area contributed by atoms with E-state index in [4.69, 9.17) is 17.0 Å². The van der Waals surface area contributed by atoms with Crippen LogP contribution in [-0.4, -0.2) is 30.4 Å². The molecule has 0 fully saturated rings. The van der Waals surface area contributed by atoms with Crippen molar-refractivity contribution in [2.45, 2.75) is 6.42 Å². The lowest BCUT2D eigenvalue weighted by Gasteiger charge is -2.15. The van der Waals surface area contributed by atoms with Gasteiger partial charge in [0.05, 0.1) is 13.3 Å². The van der Waals surface area contributed by atoms with Crippen molar-refractivity contribution >= 4 is 64.8 Å². The van der Waals surface area contributed by atoms with Gasteiger partial charge in [-0.05, 0) is 22.0 Å². The number of thiocarbonyl (C=S) groups is 1. The summed E-state index contributed by atoms with van der Waals surface area (Å²) in [4.78, 5) is 8.29. The van der Waals surface area contributed by atoms with Gasteiger partial charge in [-0.25, -0.2) is 18.4 Å². The van der Waals surface area contributed by atoms with E-state index in [-0.39, 0.29) is 16.6 Å². The van der Waals surface area contributed by atoms with Crippen molar-refractivity contribution < 1.29 is 13.2 Å². The molecule has 10 heteroatoms. The summed E-state index contributed by atoms with van der Waals surface area (Å²) in [5.41, 5.74) is 0. The second-order valence-corrected chi connectivity index (χ2v) is 7.75. The molecular formula is C11H9Br2N3O3S2. The first-order chi connectivity index (χ1) is 9.83. The minimum absolute atomic E-state index is 0.00456. The monoisotopic (exact) mass is 453 g/mol. The third-order valence-corrected chi connectivity index (χ3v) is 5.31. The lowest BCUT2D eigenvalue weighted by Crippen LogP contribution is -2.22. The van der Waals surface area contributed by atoms with E-state index in [9.17, 15) is 8.42 Å². The Morgan fingerprint density at radius 1 is 1.43 bits per heavy atom. The molecule has 0 atom stereocenters. The second-order valence-electron chi connectivity index (χ2n) is 3.88. The average Bonchev–Trinajstić information content (AvgIpc) is 2.43. The molecule has 1 aliphatic carbocycles. The Hall–Kier alpha value is -0.840. The van der Waals surface area contributed by atoms with Crippen LogP contribution in [0.2, 0.25) is 0 Å². The largest absolute Gasteiger partial charge is 0.478 e. The first-order valence-electron chi connectivity index (χ1n) is 5.53. The molecule has 0 saturated heterocycles. The molecule has 0 spiro atoms. The van der Waals surface area contributed by atoms with Crippen LogP contribution in [-0.2, 0) is 10.0 Å².